The van der Waals surface area contributed by atoms with Crippen molar-refractivity contribution in [2.24, 2.45) is 0 Å². The summed E-state index contributed by atoms with van der Waals surface area (Å²) in [4.78, 5) is 28.1. The Balaban J connectivity index is 1.37. The van der Waals surface area contributed by atoms with Crippen LogP contribution in [0.3, 0.4) is 0 Å². The van der Waals surface area contributed by atoms with E-state index in [-0.39, 0.29) is 5.82 Å². The van der Waals surface area contributed by atoms with Crippen molar-refractivity contribution in [3.8, 4) is 0 Å². The molecule has 0 aliphatic carbocycles. The highest BCUT2D eigenvalue weighted by molar-refractivity contribution is 6.39. The molecule has 1 fully saturated rings. The molecule has 1 aliphatic heterocycles. The maximum Gasteiger partial charge on any atom is 0.313 e. The van der Waals surface area contributed by atoms with Gasteiger partial charge in [-0.05, 0) is 31.2 Å². The second-order valence-corrected chi connectivity index (χ2v) is 6.86. The highest BCUT2D eigenvalue weighted by Gasteiger charge is 2.19. The largest absolute Gasteiger partial charge is 0.367 e. The zero-order valence-corrected chi connectivity index (χ0v) is 16.0. The van der Waals surface area contributed by atoms with Crippen molar-refractivity contribution < 1.29 is 14.0 Å². The van der Waals surface area contributed by atoms with Gasteiger partial charge in [-0.25, -0.2) is 4.39 Å². The Labute approximate surface area is 164 Å². The molecule has 1 saturated heterocycles. The zero-order chi connectivity index (χ0) is 19.9. The zero-order valence-electron chi connectivity index (χ0n) is 16.0. The number of rotatable bonds is 5. The highest BCUT2D eigenvalue weighted by atomic mass is 19.1. The third-order valence-corrected chi connectivity index (χ3v) is 4.79. The Morgan fingerprint density at radius 3 is 2.32 bits per heavy atom. The van der Waals surface area contributed by atoms with E-state index >= 15 is 0 Å². The first-order valence-corrected chi connectivity index (χ1v) is 9.40. The number of carbonyl (C=O) groups excluding carboxylic acids is 2. The number of hydrogen-bond donors (Lipinski definition) is 2. The van der Waals surface area contributed by atoms with E-state index in [1.807, 2.05) is 30.0 Å². The number of amides is 2. The van der Waals surface area contributed by atoms with Gasteiger partial charge in [0.05, 0.1) is 5.69 Å². The minimum atomic E-state index is -0.673. The number of nitrogens with zero attached hydrogens (tertiary/aromatic N) is 2. The van der Waals surface area contributed by atoms with Gasteiger partial charge in [0.25, 0.3) is 0 Å². The van der Waals surface area contributed by atoms with Crippen LogP contribution in [0.25, 0.3) is 0 Å². The molecule has 2 N–H and O–H groups in total. The average molecular weight is 384 g/mol. The SMILES string of the molecule is Cc1ccc(NC(=O)C(=O)NCCN2CCN(c3ccccc3F)CC2)cc1. The molecule has 7 heteroatoms. The predicted molar refractivity (Wildman–Crippen MR) is 108 cm³/mol. The summed E-state index contributed by atoms with van der Waals surface area (Å²) in [5.74, 6) is -1.53. The molecule has 0 aromatic heterocycles. The van der Waals surface area contributed by atoms with Gasteiger partial charge in [0.2, 0.25) is 0 Å². The summed E-state index contributed by atoms with van der Waals surface area (Å²) in [5.41, 5.74) is 2.30. The molecule has 2 aromatic carbocycles. The quantitative estimate of drug-likeness (QED) is 0.774. The summed E-state index contributed by atoms with van der Waals surface area (Å²) in [6.07, 6.45) is 0. The maximum atomic E-state index is 13.9. The normalized spacial score (nSPS) is 14.6. The first-order chi connectivity index (χ1) is 13.5. The van der Waals surface area contributed by atoms with Crippen LogP contribution in [0.2, 0.25) is 0 Å². The third-order valence-electron chi connectivity index (χ3n) is 4.79. The van der Waals surface area contributed by atoms with Crippen LogP contribution in [-0.2, 0) is 9.59 Å². The van der Waals surface area contributed by atoms with Crippen molar-refractivity contribution in [2.45, 2.75) is 6.92 Å². The lowest BCUT2D eigenvalue weighted by Crippen LogP contribution is -2.49. The third kappa shape index (κ3) is 5.29. The molecule has 6 nitrogen and oxygen atoms in total. The Hall–Kier alpha value is -2.93. The number of hydrogen-bond acceptors (Lipinski definition) is 4. The fourth-order valence-corrected chi connectivity index (χ4v) is 3.15. The summed E-state index contributed by atoms with van der Waals surface area (Å²) in [6.45, 7) is 5.99. The summed E-state index contributed by atoms with van der Waals surface area (Å²) in [7, 11) is 0. The second-order valence-electron chi connectivity index (χ2n) is 6.86. The standard InChI is InChI=1S/C21H25FN4O2/c1-16-6-8-17(9-7-16)24-21(28)20(27)23-10-11-25-12-14-26(15-13-25)19-5-3-2-4-18(19)22/h2-9H,10-15H2,1H3,(H,23,27)(H,24,28). The van der Waals surface area contributed by atoms with E-state index in [1.54, 1.807) is 24.3 Å². The molecule has 2 aromatic rings. The van der Waals surface area contributed by atoms with E-state index < -0.39 is 11.8 Å². The van der Waals surface area contributed by atoms with Crippen LogP contribution in [-0.4, -0.2) is 56.0 Å². The lowest BCUT2D eigenvalue weighted by Gasteiger charge is -2.36. The van der Waals surface area contributed by atoms with Crippen LogP contribution in [0.4, 0.5) is 15.8 Å². The van der Waals surface area contributed by atoms with Crippen molar-refractivity contribution in [1.82, 2.24) is 10.2 Å². The topological polar surface area (TPSA) is 64.7 Å². The first-order valence-electron chi connectivity index (χ1n) is 9.40. The van der Waals surface area contributed by atoms with Gasteiger partial charge in [0.1, 0.15) is 5.82 Å². The van der Waals surface area contributed by atoms with Gasteiger partial charge in [0.15, 0.2) is 0 Å². The van der Waals surface area contributed by atoms with Crippen LogP contribution >= 0.6 is 0 Å². The van der Waals surface area contributed by atoms with Crippen LogP contribution in [0.5, 0.6) is 0 Å². The minimum Gasteiger partial charge on any atom is -0.367 e. The number of carbonyl (C=O) groups is 2. The van der Waals surface area contributed by atoms with Crippen molar-refractivity contribution >= 4 is 23.2 Å². The molecule has 0 spiro atoms. The van der Waals surface area contributed by atoms with Crippen LogP contribution < -0.4 is 15.5 Å². The molecule has 3 rings (SSSR count). The fourth-order valence-electron chi connectivity index (χ4n) is 3.15. The van der Waals surface area contributed by atoms with E-state index in [0.717, 1.165) is 31.7 Å². The van der Waals surface area contributed by atoms with Crippen LogP contribution in [0, 0.1) is 12.7 Å². The minimum absolute atomic E-state index is 0.206. The monoisotopic (exact) mass is 384 g/mol. The molecule has 0 bridgehead atoms. The summed E-state index contributed by atoms with van der Waals surface area (Å²) < 4.78 is 13.9. The van der Waals surface area contributed by atoms with E-state index in [4.69, 9.17) is 0 Å². The van der Waals surface area contributed by atoms with Gasteiger partial charge >= 0.3 is 11.8 Å². The summed E-state index contributed by atoms with van der Waals surface area (Å²) in [6, 6.07) is 14.0. The number of para-hydroxylation sites is 1. The van der Waals surface area contributed by atoms with Crippen molar-refractivity contribution in [3.63, 3.8) is 0 Å². The molecule has 2 amide bonds. The van der Waals surface area contributed by atoms with E-state index in [2.05, 4.69) is 15.5 Å². The summed E-state index contributed by atoms with van der Waals surface area (Å²) in [5, 5.41) is 5.23. The van der Waals surface area contributed by atoms with Crippen LogP contribution in [0.15, 0.2) is 48.5 Å². The van der Waals surface area contributed by atoms with E-state index in [9.17, 15) is 14.0 Å². The number of aryl methyl sites for hydroxylation is 1. The molecule has 148 valence electrons. The van der Waals surface area contributed by atoms with E-state index in [1.165, 1.54) is 6.07 Å². The van der Waals surface area contributed by atoms with Crippen molar-refractivity contribution in [1.29, 1.82) is 0 Å². The molecule has 28 heavy (non-hydrogen) atoms. The Kier molecular flexibility index (Phi) is 6.60. The molecule has 0 atom stereocenters. The summed E-state index contributed by atoms with van der Waals surface area (Å²) >= 11 is 0. The number of benzene rings is 2. The number of anilines is 2. The Bertz CT molecular complexity index is 817. The smallest absolute Gasteiger partial charge is 0.313 e. The second kappa shape index (κ2) is 9.32. The number of piperazine rings is 1. The van der Waals surface area contributed by atoms with Gasteiger partial charge < -0.3 is 15.5 Å². The van der Waals surface area contributed by atoms with Crippen molar-refractivity contribution in [3.05, 3.63) is 59.9 Å². The average Bonchev–Trinajstić information content (AvgIpc) is 2.70. The Morgan fingerprint density at radius 2 is 1.64 bits per heavy atom. The van der Waals surface area contributed by atoms with Gasteiger partial charge in [0, 0.05) is 45.0 Å². The lowest BCUT2D eigenvalue weighted by molar-refractivity contribution is -0.136. The molecular formula is C21H25FN4O2. The maximum absolute atomic E-state index is 13.9. The van der Waals surface area contributed by atoms with Gasteiger partial charge in [-0.15, -0.1) is 0 Å². The number of halogens is 1. The predicted octanol–water partition coefficient (Wildman–Crippen LogP) is 2.01. The Morgan fingerprint density at radius 1 is 0.964 bits per heavy atom. The molecule has 1 aliphatic rings. The van der Waals surface area contributed by atoms with Crippen LogP contribution in [0.1, 0.15) is 5.56 Å². The molecule has 1 heterocycles. The van der Waals surface area contributed by atoms with Gasteiger partial charge in [-0.2, -0.15) is 0 Å². The molecule has 0 radical (unpaired) electrons. The van der Waals surface area contributed by atoms with Crippen molar-refractivity contribution in [2.75, 3.05) is 49.5 Å². The molecule has 0 saturated carbocycles. The number of nitrogens with one attached hydrogen (secondary N) is 2. The van der Waals surface area contributed by atoms with Gasteiger partial charge in [-0.1, -0.05) is 29.8 Å². The molecular weight excluding hydrogens is 359 g/mol. The lowest BCUT2D eigenvalue weighted by atomic mass is 10.2. The molecule has 0 unspecified atom stereocenters. The van der Waals surface area contributed by atoms with E-state index in [0.29, 0.717) is 24.5 Å². The first kappa shape index (κ1) is 19.8. The highest BCUT2D eigenvalue weighted by Crippen LogP contribution is 2.19. The van der Waals surface area contributed by atoms with Gasteiger partial charge in [-0.3, -0.25) is 14.5 Å². The fraction of sp³-hybridized carbons (Fsp3) is 0.333.